The van der Waals surface area contributed by atoms with Gasteiger partial charge >= 0.3 is 0 Å². The van der Waals surface area contributed by atoms with E-state index < -0.39 is 5.82 Å². The summed E-state index contributed by atoms with van der Waals surface area (Å²) in [6.45, 7) is 2.14. The van der Waals surface area contributed by atoms with Crippen LogP contribution in [0.1, 0.15) is 30.5 Å². The topological polar surface area (TPSA) is 35.2 Å². The van der Waals surface area contributed by atoms with Crippen molar-refractivity contribution in [1.82, 2.24) is 0 Å². The first-order valence-electron chi connectivity index (χ1n) is 6.53. The maximum Gasteiger partial charge on any atom is 0.148 e. The summed E-state index contributed by atoms with van der Waals surface area (Å²) in [5.41, 5.74) is 7.40. The minimum absolute atomic E-state index is 0.0876. The number of hydrogen-bond donors (Lipinski definition) is 1. The molecule has 0 heterocycles. The fourth-order valence-electron chi connectivity index (χ4n) is 1.95. The van der Waals surface area contributed by atoms with Crippen LogP contribution in [0, 0.1) is 5.82 Å². The van der Waals surface area contributed by atoms with Crippen LogP contribution in [0.5, 0.6) is 5.75 Å². The minimum atomic E-state index is -0.438. The van der Waals surface area contributed by atoms with Crippen LogP contribution in [0.25, 0.3) is 0 Å². The van der Waals surface area contributed by atoms with Crippen LogP contribution in [0.15, 0.2) is 42.5 Å². The largest absolute Gasteiger partial charge is 0.488 e. The molecular formula is C16H17ClFNO. The highest BCUT2D eigenvalue weighted by Gasteiger charge is 2.11. The molecule has 0 fully saturated rings. The summed E-state index contributed by atoms with van der Waals surface area (Å²) in [6, 6.07) is 12.3. The molecule has 20 heavy (non-hydrogen) atoms. The third kappa shape index (κ3) is 3.30. The lowest BCUT2D eigenvalue weighted by atomic mass is 10.0. The van der Waals surface area contributed by atoms with E-state index in [1.807, 2.05) is 31.2 Å². The van der Waals surface area contributed by atoms with Gasteiger partial charge < -0.3 is 10.5 Å². The zero-order valence-electron chi connectivity index (χ0n) is 11.3. The van der Waals surface area contributed by atoms with E-state index >= 15 is 0 Å². The molecule has 2 aromatic carbocycles. The summed E-state index contributed by atoms with van der Waals surface area (Å²) in [4.78, 5) is 0. The Morgan fingerprint density at radius 1 is 1.20 bits per heavy atom. The van der Waals surface area contributed by atoms with Crippen LogP contribution in [0.3, 0.4) is 0 Å². The Bertz CT molecular complexity index is 588. The lowest BCUT2D eigenvalue weighted by molar-refractivity contribution is 0.294. The number of nitrogens with two attached hydrogens (primary N) is 1. The average Bonchev–Trinajstić information content (AvgIpc) is 2.48. The lowest BCUT2D eigenvalue weighted by Gasteiger charge is -2.16. The van der Waals surface area contributed by atoms with Crippen LogP contribution in [-0.4, -0.2) is 0 Å². The Morgan fingerprint density at radius 3 is 2.70 bits per heavy atom. The van der Waals surface area contributed by atoms with Gasteiger partial charge in [-0.25, -0.2) is 4.39 Å². The summed E-state index contributed by atoms with van der Waals surface area (Å²) < 4.78 is 19.5. The van der Waals surface area contributed by atoms with Crippen LogP contribution in [-0.2, 0) is 6.61 Å². The highest BCUT2D eigenvalue weighted by Crippen LogP contribution is 2.27. The van der Waals surface area contributed by atoms with Crippen molar-refractivity contribution >= 4 is 11.6 Å². The number of rotatable bonds is 5. The number of ether oxygens (including phenoxy) is 1. The maximum atomic E-state index is 13.8. The molecule has 0 radical (unpaired) electrons. The highest BCUT2D eigenvalue weighted by molar-refractivity contribution is 6.30. The molecular weight excluding hydrogens is 277 g/mol. The van der Waals surface area contributed by atoms with E-state index in [-0.39, 0.29) is 17.7 Å². The standard InChI is InChI=1S/C16H17ClFNO/c1-2-14(19)12-7-3-4-9-15(12)20-10-11-6-5-8-13(17)16(11)18/h3-9,14H,2,10,19H2,1H3/t14-/m1/s1. The summed E-state index contributed by atoms with van der Waals surface area (Å²) in [7, 11) is 0. The summed E-state index contributed by atoms with van der Waals surface area (Å²) in [5, 5.41) is 0.102. The quantitative estimate of drug-likeness (QED) is 0.883. The highest BCUT2D eigenvalue weighted by atomic mass is 35.5. The molecule has 0 spiro atoms. The molecule has 2 aromatic rings. The zero-order chi connectivity index (χ0) is 14.5. The maximum absolute atomic E-state index is 13.8. The molecule has 4 heteroatoms. The van der Waals surface area contributed by atoms with Crippen LogP contribution in [0.4, 0.5) is 4.39 Å². The molecule has 2 rings (SSSR count). The number of benzene rings is 2. The molecule has 2 nitrogen and oxygen atoms in total. The van der Waals surface area contributed by atoms with Gasteiger partial charge in [0.25, 0.3) is 0 Å². The molecule has 0 amide bonds. The minimum Gasteiger partial charge on any atom is -0.488 e. The summed E-state index contributed by atoms with van der Waals surface area (Å²) in [6.07, 6.45) is 0.811. The fourth-order valence-corrected chi connectivity index (χ4v) is 2.15. The van der Waals surface area contributed by atoms with Crippen molar-refractivity contribution in [3.8, 4) is 5.75 Å². The number of hydrogen-bond acceptors (Lipinski definition) is 2. The second-order valence-corrected chi connectivity index (χ2v) is 4.96. The molecule has 0 unspecified atom stereocenters. The van der Waals surface area contributed by atoms with Gasteiger partial charge in [0, 0.05) is 17.2 Å². The smallest absolute Gasteiger partial charge is 0.148 e. The first-order valence-corrected chi connectivity index (χ1v) is 6.91. The molecule has 0 aliphatic heterocycles. The van der Waals surface area contributed by atoms with Crippen molar-refractivity contribution in [2.75, 3.05) is 0 Å². The van der Waals surface area contributed by atoms with Gasteiger partial charge in [0.15, 0.2) is 0 Å². The van der Waals surface area contributed by atoms with E-state index in [0.29, 0.717) is 11.3 Å². The van der Waals surface area contributed by atoms with Gasteiger partial charge in [-0.2, -0.15) is 0 Å². The van der Waals surface area contributed by atoms with E-state index in [9.17, 15) is 4.39 Å². The van der Waals surface area contributed by atoms with E-state index in [1.165, 1.54) is 6.07 Å². The van der Waals surface area contributed by atoms with Crippen LogP contribution < -0.4 is 10.5 Å². The first kappa shape index (κ1) is 14.8. The van der Waals surface area contributed by atoms with E-state index in [4.69, 9.17) is 22.1 Å². The Labute approximate surface area is 123 Å². The molecule has 1 atom stereocenters. The lowest BCUT2D eigenvalue weighted by Crippen LogP contribution is -2.11. The third-order valence-electron chi connectivity index (χ3n) is 3.17. The van der Waals surface area contributed by atoms with Crippen molar-refractivity contribution in [1.29, 1.82) is 0 Å². The first-order chi connectivity index (χ1) is 9.63. The van der Waals surface area contributed by atoms with Gasteiger partial charge in [-0.3, -0.25) is 0 Å². The van der Waals surface area contributed by atoms with Crippen LogP contribution >= 0.6 is 11.6 Å². The van der Waals surface area contributed by atoms with Gasteiger partial charge in [0.2, 0.25) is 0 Å². The van der Waals surface area contributed by atoms with Gasteiger partial charge in [0.1, 0.15) is 18.2 Å². The van der Waals surface area contributed by atoms with Crippen molar-refractivity contribution in [3.05, 3.63) is 64.4 Å². The Morgan fingerprint density at radius 2 is 1.95 bits per heavy atom. The molecule has 106 valence electrons. The normalized spacial score (nSPS) is 12.2. The van der Waals surface area contributed by atoms with Gasteiger partial charge in [-0.05, 0) is 18.6 Å². The Hall–Kier alpha value is -1.58. The molecule has 0 aromatic heterocycles. The second kappa shape index (κ2) is 6.73. The second-order valence-electron chi connectivity index (χ2n) is 4.55. The predicted octanol–water partition coefficient (Wildman–Crippen LogP) is 4.47. The van der Waals surface area contributed by atoms with E-state index in [0.717, 1.165) is 12.0 Å². The monoisotopic (exact) mass is 293 g/mol. The molecule has 0 aliphatic carbocycles. The Balaban J connectivity index is 2.17. The number of halogens is 2. The molecule has 0 saturated heterocycles. The molecule has 0 saturated carbocycles. The fraction of sp³-hybridized carbons (Fsp3) is 0.250. The van der Waals surface area contributed by atoms with Crippen molar-refractivity contribution in [2.45, 2.75) is 26.0 Å². The van der Waals surface area contributed by atoms with E-state index in [1.54, 1.807) is 12.1 Å². The average molecular weight is 294 g/mol. The zero-order valence-corrected chi connectivity index (χ0v) is 12.0. The number of para-hydroxylation sites is 1. The van der Waals surface area contributed by atoms with Gasteiger partial charge in [-0.1, -0.05) is 48.9 Å². The summed E-state index contributed by atoms with van der Waals surface area (Å²) >= 11 is 5.75. The molecule has 2 N–H and O–H groups in total. The van der Waals surface area contributed by atoms with Crippen molar-refractivity contribution < 1.29 is 9.13 Å². The van der Waals surface area contributed by atoms with Gasteiger partial charge in [-0.15, -0.1) is 0 Å². The summed E-state index contributed by atoms with van der Waals surface area (Å²) in [5.74, 6) is 0.243. The molecule has 0 bridgehead atoms. The predicted molar refractivity (Wildman–Crippen MR) is 79.4 cm³/mol. The third-order valence-corrected chi connectivity index (χ3v) is 3.46. The van der Waals surface area contributed by atoms with Crippen LogP contribution in [0.2, 0.25) is 5.02 Å². The Kier molecular flexibility index (Phi) is 4.99. The van der Waals surface area contributed by atoms with Gasteiger partial charge in [0.05, 0.1) is 5.02 Å². The molecule has 0 aliphatic rings. The van der Waals surface area contributed by atoms with Crippen molar-refractivity contribution in [3.63, 3.8) is 0 Å². The van der Waals surface area contributed by atoms with E-state index in [2.05, 4.69) is 0 Å². The van der Waals surface area contributed by atoms with Crippen molar-refractivity contribution in [2.24, 2.45) is 5.73 Å². The SMILES string of the molecule is CC[C@@H](N)c1ccccc1OCc1cccc(Cl)c1F.